The van der Waals surface area contributed by atoms with E-state index in [0.29, 0.717) is 27.5 Å². The van der Waals surface area contributed by atoms with Crippen LogP contribution in [0.5, 0.6) is 0 Å². The van der Waals surface area contributed by atoms with Crippen molar-refractivity contribution in [1.82, 2.24) is 4.37 Å². The van der Waals surface area contributed by atoms with Gasteiger partial charge in [-0.25, -0.2) is 4.79 Å². The summed E-state index contributed by atoms with van der Waals surface area (Å²) in [5.74, 6) is 4.77. The second-order valence-corrected chi connectivity index (χ2v) is 15.7. The Bertz CT molecular complexity index is 1130. The van der Waals surface area contributed by atoms with E-state index in [1.54, 1.807) is 0 Å². The number of esters is 1. The van der Waals surface area contributed by atoms with Crippen molar-refractivity contribution in [3.63, 3.8) is 0 Å². The first-order chi connectivity index (χ1) is 18.5. The van der Waals surface area contributed by atoms with Crippen LogP contribution in [0.15, 0.2) is 23.8 Å². The van der Waals surface area contributed by atoms with Crippen molar-refractivity contribution in [1.29, 1.82) is 0 Å². The molecule has 4 aliphatic carbocycles. The molecule has 9 atom stereocenters. The fraction of sp³-hybridized carbons (Fsp3) is 0.758. The normalized spacial score (nSPS) is 37.7. The van der Waals surface area contributed by atoms with Crippen molar-refractivity contribution in [2.45, 2.75) is 105 Å². The van der Waals surface area contributed by atoms with Crippen molar-refractivity contribution in [3.8, 4) is 0 Å². The molecule has 3 fully saturated rings. The molecule has 216 valence electrons. The van der Waals surface area contributed by atoms with Gasteiger partial charge in [0.25, 0.3) is 0 Å². The molecular formula is C33H47Cl2NO2S. The third-order valence-corrected chi connectivity index (χ3v) is 13.4. The molecule has 6 heteroatoms. The number of hydrogen-bond acceptors (Lipinski definition) is 4. The second-order valence-electron chi connectivity index (χ2n) is 13.9. The Kier molecular flexibility index (Phi) is 8.70. The largest absolute Gasteiger partial charge is 0.457 e. The van der Waals surface area contributed by atoms with E-state index in [1.165, 1.54) is 44.1 Å². The summed E-state index contributed by atoms with van der Waals surface area (Å²) in [6, 6.07) is 0. The first-order valence-electron chi connectivity index (χ1n) is 15.4. The first kappa shape index (κ1) is 29.6. The fourth-order valence-electron chi connectivity index (χ4n) is 9.51. The van der Waals surface area contributed by atoms with Crippen LogP contribution in [0, 0.1) is 52.3 Å². The van der Waals surface area contributed by atoms with Crippen LogP contribution in [-0.4, -0.2) is 16.4 Å². The summed E-state index contributed by atoms with van der Waals surface area (Å²) in [6.45, 7) is 14.7. The van der Waals surface area contributed by atoms with Crippen LogP contribution in [-0.2, 0) is 4.74 Å². The average molecular weight is 593 g/mol. The van der Waals surface area contributed by atoms with Crippen molar-refractivity contribution in [2.75, 3.05) is 0 Å². The molecule has 39 heavy (non-hydrogen) atoms. The maximum absolute atomic E-state index is 12.7. The molecule has 1 aromatic rings. The maximum atomic E-state index is 12.7. The highest BCUT2D eigenvalue weighted by Gasteiger charge is 2.59. The number of allylic oxidation sites excluding steroid dienone is 3. The van der Waals surface area contributed by atoms with Crippen LogP contribution < -0.4 is 0 Å². The van der Waals surface area contributed by atoms with Crippen molar-refractivity contribution in [3.05, 3.63) is 38.9 Å². The van der Waals surface area contributed by atoms with E-state index >= 15 is 0 Å². The lowest BCUT2D eigenvalue weighted by atomic mass is 9.47. The number of fused-ring (bicyclic) bond motifs is 5. The number of ether oxygens (including phenoxy) is 1. The molecule has 0 spiro atoms. The molecule has 3 nitrogen and oxygen atoms in total. The summed E-state index contributed by atoms with van der Waals surface area (Å²) in [5, 5.41) is 0.210. The first-order valence-corrected chi connectivity index (χ1v) is 16.9. The third kappa shape index (κ3) is 5.29. The maximum Gasteiger partial charge on any atom is 0.359 e. The van der Waals surface area contributed by atoms with Gasteiger partial charge < -0.3 is 4.74 Å². The number of rotatable bonds is 7. The average Bonchev–Trinajstić information content (AvgIpc) is 3.42. The van der Waals surface area contributed by atoms with Gasteiger partial charge in [0, 0.05) is 6.42 Å². The molecule has 1 heterocycles. The highest BCUT2D eigenvalue weighted by atomic mass is 35.5. The summed E-state index contributed by atoms with van der Waals surface area (Å²) in [5.41, 5.74) is 2.35. The zero-order valence-electron chi connectivity index (χ0n) is 24.6. The summed E-state index contributed by atoms with van der Waals surface area (Å²) in [7, 11) is 0. The molecule has 0 aromatic carbocycles. The van der Waals surface area contributed by atoms with Gasteiger partial charge in [0.15, 0.2) is 5.69 Å². The van der Waals surface area contributed by atoms with Crippen molar-refractivity contribution >= 4 is 40.7 Å². The van der Waals surface area contributed by atoms with Gasteiger partial charge in [-0.3, -0.25) is 0 Å². The van der Waals surface area contributed by atoms with Crippen LogP contribution in [0.1, 0.15) is 110 Å². The molecule has 3 saturated carbocycles. The van der Waals surface area contributed by atoms with E-state index < -0.39 is 5.97 Å². The third-order valence-electron chi connectivity index (χ3n) is 11.8. The van der Waals surface area contributed by atoms with E-state index in [0.717, 1.165) is 54.5 Å². The molecule has 0 N–H and O–H groups in total. The minimum atomic E-state index is -0.446. The predicted octanol–water partition coefficient (Wildman–Crippen LogP) is 10.4. The number of aromatic nitrogens is 1. The van der Waals surface area contributed by atoms with Gasteiger partial charge in [0.2, 0.25) is 0 Å². The molecule has 5 rings (SSSR count). The van der Waals surface area contributed by atoms with Gasteiger partial charge >= 0.3 is 5.97 Å². The lowest BCUT2D eigenvalue weighted by Crippen LogP contribution is -2.51. The highest BCUT2D eigenvalue weighted by molar-refractivity contribution is 7.11. The lowest BCUT2D eigenvalue weighted by molar-refractivity contribution is -0.0565. The summed E-state index contributed by atoms with van der Waals surface area (Å²) in [4.78, 5) is 12.7. The van der Waals surface area contributed by atoms with Gasteiger partial charge in [-0.05, 0) is 115 Å². The molecule has 0 aliphatic heterocycles. The van der Waals surface area contributed by atoms with Gasteiger partial charge in [-0.15, -0.1) is 0 Å². The Morgan fingerprint density at radius 3 is 2.56 bits per heavy atom. The minimum Gasteiger partial charge on any atom is -0.457 e. The zero-order chi connectivity index (χ0) is 28.1. The smallest absolute Gasteiger partial charge is 0.359 e. The van der Waals surface area contributed by atoms with E-state index in [9.17, 15) is 4.79 Å². The van der Waals surface area contributed by atoms with Crippen molar-refractivity contribution < 1.29 is 9.53 Å². The Morgan fingerprint density at radius 1 is 1.13 bits per heavy atom. The van der Waals surface area contributed by atoms with E-state index in [-0.39, 0.29) is 22.2 Å². The summed E-state index contributed by atoms with van der Waals surface area (Å²) in [6.07, 6.45) is 18.2. The van der Waals surface area contributed by atoms with Gasteiger partial charge in [0.05, 0.1) is 0 Å². The topological polar surface area (TPSA) is 39.2 Å². The number of carbonyl (C=O) groups excluding carboxylic acids is 1. The molecule has 4 aliphatic rings. The van der Waals surface area contributed by atoms with Gasteiger partial charge in [0.1, 0.15) is 15.5 Å². The Morgan fingerprint density at radius 2 is 1.90 bits per heavy atom. The molecule has 1 aromatic heterocycles. The monoisotopic (exact) mass is 591 g/mol. The van der Waals surface area contributed by atoms with Gasteiger partial charge in [-0.2, -0.15) is 4.37 Å². The Balaban J connectivity index is 1.27. The lowest BCUT2D eigenvalue weighted by Gasteiger charge is -2.58. The SMILES string of the molecule is CC[C@@H](/C=C/[C@@H](C)[C@H]1CC[C@H]2[C@@H]3CC=C4C[C@@H](OC(=O)c5nsc(Cl)c5Cl)CC[C@]4(C)[C@H]3CC[C@]12C)C(C)C. The summed E-state index contributed by atoms with van der Waals surface area (Å²) < 4.78 is 10.3. The van der Waals surface area contributed by atoms with Crippen LogP contribution in [0.25, 0.3) is 0 Å². The molecular weight excluding hydrogens is 545 g/mol. The highest BCUT2D eigenvalue weighted by Crippen LogP contribution is 2.67. The van der Waals surface area contributed by atoms with Crippen molar-refractivity contribution in [2.24, 2.45) is 52.3 Å². The number of hydrogen-bond donors (Lipinski definition) is 0. The fourth-order valence-corrected chi connectivity index (χ4v) is 10.5. The van der Waals surface area contributed by atoms with E-state index in [2.05, 4.69) is 64.1 Å². The van der Waals surface area contributed by atoms with Crippen LogP contribution in [0.2, 0.25) is 9.36 Å². The van der Waals surface area contributed by atoms with E-state index in [1.807, 2.05) is 0 Å². The van der Waals surface area contributed by atoms with Gasteiger partial charge in [-0.1, -0.05) is 88.5 Å². The predicted molar refractivity (Wildman–Crippen MR) is 163 cm³/mol. The molecule has 0 amide bonds. The number of nitrogens with zero attached hydrogens (tertiary/aromatic N) is 1. The number of carbonyl (C=O) groups is 1. The minimum absolute atomic E-state index is 0.111. The number of halogens is 2. The Labute approximate surface area is 250 Å². The van der Waals surface area contributed by atoms with Crippen LogP contribution in [0.4, 0.5) is 0 Å². The second kappa shape index (κ2) is 11.4. The molecule has 0 unspecified atom stereocenters. The zero-order valence-corrected chi connectivity index (χ0v) is 27.0. The molecule has 0 radical (unpaired) electrons. The molecule has 0 bridgehead atoms. The quantitative estimate of drug-likeness (QED) is 0.234. The standard InChI is InChI=1S/C33H47Cl2NO2S/c1-7-21(19(2)3)9-8-20(4)25-12-13-26-24-11-10-22-18-23(38-31(37)29-28(34)30(35)39-36-29)14-16-32(22,5)27(24)15-17-33(25,26)6/h8-10,19-21,23-27H,7,11-18H2,1-6H3/b9-8+/t20-,21+,23+,24+,25-,26+,27+,32+,33-/m1/s1. The van der Waals surface area contributed by atoms with Crippen LogP contribution >= 0.6 is 34.7 Å². The van der Waals surface area contributed by atoms with Crippen LogP contribution in [0.3, 0.4) is 0 Å². The molecule has 0 saturated heterocycles. The Hall–Kier alpha value is -0.840. The van der Waals surface area contributed by atoms with E-state index in [4.69, 9.17) is 27.9 Å². The summed E-state index contributed by atoms with van der Waals surface area (Å²) >= 11 is 13.2.